The van der Waals surface area contributed by atoms with Gasteiger partial charge in [-0.3, -0.25) is 4.98 Å². The highest BCUT2D eigenvalue weighted by Crippen LogP contribution is 2.17. The van der Waals surface area contributed by atoms with Gasteiger partial charge in [0.1, 0.15) is 0 Å². The van der Waals surface area contributed by atoms with Crippen molar-refractivity contribution >= 4 is 10.2 Å². The smallest absolute Gasteiger partial charge is 0.264 e. The van der Waals surface area contributed by atoms with Crippen LogP contribution in [-0.4, -0.2) is 37.3 Å². The van der Waals surface area contributed by atoms with Crippen LogP contribution in [0.5, 0.6) is 0 Å². The van der Waals surface area contributed by atoms with Crippen molar-refractivity contribution in [3.63, 3.8) is 0 Å². The summed E-state index contributed by atoms with van der Waals surface area (Å²) in [5.74, 6) is 0.448. The van der Waals surface area contributed by atoms with E-state index in [0.717, 1.165) is 18.4 Å². The van der Waals surface area contributed by atoms with E-state index >= 15 is 0 Å². The van der Waals surface area contributed by atoms with Crippen LogP contribution in [0.1, 0.15) is 25.3 Å². The number of hydrogen-bond acceptors (Lipinski definition) is 3. The number of rotatable bonds is 5. The van der Waals surface area contributed by atoms with Gasteiger partial charge in [-0.15, -0.1) is 0 Å². The van der Waals surface area contributed by atoms with Crippen molar-refractivity contribution in [1.29, 1.82) is 0 Å². The predicted octanol–water partition coefficient (Wildman–Crippen LogP) is 1.19. The molecule has 2 rings (SSSR count). The molecule has 2 heterocycles. The SMILES string of the molecule is CC1CCCN(S(=O)(=O)NCCc2cccnc2)C1. The number of nitrogens with one attached hydrogen (secondary N) is 1. The van der Waals surface area contributed by atoms with Gasteiger partial charge in [-0.05, 0) is 36.8 Å². The van der Waals surface area contributed by atoms with Crippen LogP contribution < -0.4 is 4.72 Å². The molecule has 0 radical (unpaired) electrons. The number of aromatic nitrogens is 1. The molecule has 6 heteroatoms. The van der Waals surface area contributed by atoms with Crippen LogP contribution in [0.25, 0.3) is 0 Å². The van der Waals surface area contributed by atoms with E-state index in [1.165, 1.54) is 0 Å². The van der Waals surface area contributed by atoms with Gasteiger partial charge in [0.05, 0.1) is 0 Å². The molecule has 0 amide bonds. The number of hydrogen-bond donors (Lipinski definition) is 1. The van der Waals surface area contributed by atoms with Gasteiger partial charge in [0.2, 0.25) is 0 Å². The number of nitrogens with zero attached hydrogens (tertiary/aromatic N) is 2. The summed E-state index contributed by atoms with van der Waals surface area (Å²) in [7, 11) is -3.32. The lowest BCUT2D eigenvalue weighted by Crippen LogP contribution is -2.46. The molecule has 0 spiro atoms. The molecule has 0 bridgehead atoms. The quantitative estimate of drug-likeness (QED) is 0.883. The Bertz CT molecular complexity index is 490. The maximum Gasteiger partial charge on any atom is 0.279 e. The average Bonchev–Trinajstić information content (AvgIpc) is 2.40. The van der Waals surface area contributed by atoms with Gasteiger partial charge in [0.25, 0.3) is 10.2 Å². The standard InChI is InChI=1S/C13H21N3O2S/c1-12-4-3-9-16(11-12)19(17,18)15-8-6-13-5-2-7-14-10-13/h2,5,7,10,12,15H,3-4,6,8-9,11H2,1H3. The van der Waals surface area contributed by atoms with Crippen molar-refractivity contribution in [1.82, 2.24) is 14.0 Å². The summed E-state index contributed by atoms with van der Waals surface area (Å²) in [6.45, 7) is 3.77. The Balaban J connectivity index is 1.84. The third-order valence-corrected chi connectivity index (χ3v) is 4.96. The summed E-state index contributed by atoms with van der Waals surface area (Å²) in [5, 5.41) is 0. The fraction of sp³-hybridized carbons (Fsp3) is 0.615. The summed E-state index contributed by atoms with van der Waals surface area (Å²) in [4.78, 5) is 4.01. The molecular formula is C13H21N3O2S. The first-order valence-electron chi connectivity index (χ1n) is 6.71. The van der Waals surface area contributed by atoms with E-state index in [1.54, 1.807) is 16.7 Å². The normalized spacial score (nSPS) is 21.4. The van der Waals surface area contributed by atoms with Crippen LogP contribution in [0.4, 0.5) is 0 Å². The van der Waals surface area contributed by atoms with Crippen molar-refractivity contribution < 1.29 is 8.42 Å². The molecule has 1 atom stereocenters. The monoisotopic (exact) mass is 283 g/mol. The van der Waals surface area contributed by atoms with E-state index in [0.29, 0.717) is 32.0 Å². The highest BCUT2D eigenvalue weighted by Gasteiger charge is 2.26. The first-order valence-corrected chi connectivity index (χ1v) is 8.15. The Morgan fingerprint density at radius 2 is 2.37 bits per heavy atom. The Morgan fingerprint density at radius 3 is 3.05 bits per heavy atom. The molecule has 106 valence electrons. The molecule has 0 aromatic carbocycles. The minimum absolute atomic E-state index is 0.416. The average molecular weight is 283 g/mol. The third-order valence-electron chi connectivity index (χ3n) is 3.38. The van der Waals surface area contributed by atoms with Crippen molar-refractivity contribution in [3.8, 4) is 0 Å². The molecule has 1 aliphatic rings. The zero-order valence-electron chi connectivity index (χ0n) is 11.2. The molecule has 1 unspecified atom stereocenters. The molecule has 5 nitrogen and oxygen atoms in total. The van der Waals surface area contributed by atoms with Crippen molar-refractivity contribution in [3.05, 3.63) is 30.1 Å². The second kappa shape index (κ2) is 6.45. The minimum atomic E-state index is -3.32. The van der Waals surface area contributed by atoms with E-state index in [2.05, 4.69) is 16.6 Å². The highest BCUT2D eigenvalue weighted by molar-refractivity contribution is 7.87. The second-order valence-corrected chi connectivity index (χ2v) is 6.87. The summed E-state index contributed by atoms with van der Waals surface area (Å²) < 4.78 is 28.5. The van der Waals surface area contributed by atoms with Crippen LogP contribution >= 0.6 is 0 Å². The Kier molecular flexibility index (Phi) is 4.90. The van der Waals surface area contributed by atoms with Crippen molar-refractivity contribution in [2.75, 3.05) is 19.6 Å². The molecular weight excluding hydrogens is 262 g/mol. The topological polar surface area (TPSA) is 62.3 Å². The van der Waals surface area contributed by atoms with E-state index in [1.807, 2.05) is 12.1 Å². The summed E-state index contributed by atoms with van der Waals surface area (Å²) in [6, 6.07) is 3.81. The molecule has 1 aliphatic heterocycles. The molecule has 1 fully saturated rings. The van der Waals surface area contributed by atoms with Gasteiger partial charge < -0.3 is 0 Å². The van der Waals surface area contributed by atoms with Crippen LogP contribution in [0.2, 0.25) is 0 Å². The number of piperidine rings is 1. The largest absolute Gasteiger partial charge is 0.279 e. The second-order valence-electron chi connectivity index (χ2n) is 5.12. The van der Waals surface area contributed by atoms with E-state index in [9.17, 15) is 8.42 Å². The fourth-order valence-corrected chi connectivity index (χ4v) is 3.69. The summed E-state index contributed by atoms with van der Waals surface area (Å²) >= 11 is 0. The lowest BCUT2D eigenvalue weighted by molar-refractivity contribution is 0.278. The van der Waals surface area contributed by atoms with Crippen molar-refractivity contribution in [2.45, 2.75) is 26.2 Å². The molecule has 1 aromatic rings. The Labute approximate surface area is 115 Å². The summed E-state index contributed by atoms with van der Waals surface area (Å²) in [5.41, 5.74) is 1.04. The van der Waals surface area contributed by atoms with Gasteiger partial charge >= 0.3 is 0 Å². The van der Waals surface area contributed by atoms with Gasteiger partial charge in [-0.1, -0.05) is 13.0 Å². The van der Waals surface area contributed by atoms with Gasteiger partial charge in [0, 0.05) is 32.0 Å². The molecule has 0 saturated carbocycles. The molecule has 1 aromatic heterocycles. The third kappa shape index (κ3) is 4.26. The van der Waals surface area contributed by atoms with Crippen molar-refractivity contribution in [2.24, 2.45) is 5.92 Å². The van der Waals surface area contributed by atoms with Crippen LogP contribution in [0.3, 0.4) is 0 Å². The van der Waals surface area contributed by atoms with E-state index in [-0.39, 0.29) is 0 Å². The van der Waals surface area contributed by atoms with Crippen LogP contribution in [0.15, 0.2) is 24.5 Å². The Hall–Kier alpha value is -0.980. The molecule has 1 N–H and O–H groups in total. The van der Waals surface area contributed by atoms with Gasteiger partial charge in [-0.2, -0.15) is 12.7 Å². The van der Waals surface area contributed by atoms with Gasteiger partial charge in [0.15, 0.2) is 0 Å². The zero-order chi connectivity index (χ0) is 13.7. The predicted molar refractivity (Wildman–Crippen MR) is 74.8 cm³/mol. The molecule has 19 heavy (non-hydrogen) atoms. The summed E-state index contributed by atoms with van der Waals surface area (Å²) in [6.07, 6.45) is 6.20. The van der Waals surface area contributed by atoms with Crippen LogP contribution in [-0.2, 0) is 16.6 Å². The lowest BCUT2D eigenvalue weighted by atomic mass is 10.0. The van der Waals surface area contributed by atoms with Crippen LogP contribution in [0, 0.1) is 5.92 Å². The lowest BCUT2D eigenvalue weighted by Gasteiger charge is -2.29. The first kappa shape index (κ1) is 14.4. The minimum Gasteiger partial charge on any atom is -0.264 e. The van der Waals surface area contributed by atoms with E-state index < -0.39 is 10.2 Å². The van der Waals surface area contributed by atoms with Gasteiger partial charge in [-0.25, -0.2) is 4.72 Å². The highest BCUT2D eigenvalue weighted by atomic mass is 32.2. The van der Waals surface area contributed by atoms with E-state index in [4.69, 9.17) is 0 Å². The zero-order valence-corrected chi connectivity index (χ0v) is 12.1. The number of pyridine rings is 1. The molecule has 1 saturated heterocycles. The maximum atomic E-state index is 12.1. The Morgan fingerprint density at radius 1 is 1.53 bits per heavy atom. The molecule has 0 aliphatic carbocycles. The fourth-order valence-electron chi connectivity index (χ4n) is 2.33. The maximum absolute atomic E-state index is 12.1. The first-order chi connectivity index (χ1) is 9.08.